The van der Waals surface area contributed by atoms with Gasteiger partial charge in [-0.05, 0) is 31.5 Å². The maximum Gasteiger partial charge on any atom is 0.148 e. The second-order valence-corrected chi connectivity index (χ2v) is 4.70. The van der Waals surface area contributed by atoms with Crippen molar-refractivity contribution in [2.45, 2.75) is 20.4 Å². The lowest BCUT2D eigenvalue weighted by atomic mass is 10.2. The lowest BCUT2D eigenvalue weighted by molar-refractivity contribution is 0.625. The summed E-state index contributed by atoms with van der Waals surface area (Å²) in [5.41, 5.74) is 4.30. The predicted octanol–water partition coefficient (Wildman–Crippen LogP) is 2.15. The second kappa shape index (κ2) is 5.83. The van der Waals surface area contributed by atoms with Gasteiger partial charge >= 0.3 is 0 Å². The van der Waals surface area contributed by atoms with Crippen molar-refractivity contribution in [2.24, 2.45) is 5.84 Å². The molecule has 0 saturated carbocycles. The van der Waals surface area contributed by atoms with Crippen molar-refractivity contribution in [3.8, 4) is 0 Å². The zero-order valence-electron chi connectivity index (χ0n) is 11.8. The summed E-state index contributed by atoms with van der Waals surface area (Å²) in [6.07, 6.45) is 0. The van der Waals surface area contributed by atoms with Crippen LogP contribution in [0.4, 0.5) is 16.0 Å². The van der Waals surface area contributed by atoms with E-state index in [0.29, 0.717) is 18.2 Å². The smallest absolute Gasteiger partial charge is 0.148 e. The highest BCUT2D eigenvalue weighted by molar-refractivity contribution is 5.57. The van der Waals surface area contributed by atoms with Crippen molar-refractivity contribution >= 4 is 11.6 Å². The van der Waals surface area contributed by atoms with Crippen LogP contribution in [0.2, 0.25) is 0 Å². The molecule has 1 heterocycles. The molecule has 2 rings (SSSR count). The fourth-order valence-corrected chi connectivity index (χ4v) is 2.11. The van der Waals surface area contributed by atoms with Crippen LogP contribution in [0.5, 0.6) is 0 Å². The predicted molar refractivity (Wildman–Crippen MR) is 77.8 cm³/mol. The molecule has 0 bridgehead atoms. The Bertz CT molecular complexity index is 615. The van der Waals surface area contributed by atoms with Gasteiger partial charge in [0.25, 0.3) is 0 Å². The molecule has 0 saturated heterocycles. The van der Waals surface area contributed by atoms with Gasteiger partial charge in [-0.3, -0.25) is 0 Å². The first kappa shape index (κ1) is 14.2. The van der Waals surface area contributed by atoms with E-state index in [2.05, 4.69) is 15.4 Å². The molecule has 0 atom stereocenters. The summed E-state index contributed by atoms with van der Waals surface area (Å²) < 4.78 is 13.2. The minimum absolute atomic E-state index is 0.240. The van der Waals surface area contributed by atoms with E-state index < -0.39 is 0 Å². The van der Waals surface area contributed by atoms with Crippen LogP contribution in [-0.2, 0) is 6.54 Å². The number of hydrogen-bond donors (Lipinski definition) is 2. The molecule has 5 nitrogen and oxygen atoms in total. The van der Waals surface area contributed by atoms with E-state index in [9.17, 15) is 4.39 Å². The molecule has 0 spiro atoms. The topological polar surface area (TPSA) is 67.1 Å². The molecule has 0 radical (unpaired) electrons. The molecule has 0 aliphatic heterocycles. The molecular weight excluding hydrogens is 257 g/mol. The minimum Gasteiger partial charge on any atom is -0.355 e. The van der Waals surface area contributed by atoms with E-state index in [1.807, 2.05) is 24.9 Å². The quantitative estimate of drug-likeness (QED) is 0.661. The fourth-order valence-electron chi connectivity index (χ4n) is 2.11. The Morgan fingerprint density at radius 3 is 2.70 bits per heavy atom. The molecule has 0 aliphatic carbocycles. The average molecular weight is 275 g/mol. The zero-order valence-corrected chi connectivity index (χ0v) is 11.8. The normalized spacial score (nSPS) is 10.4. The van der Waals surface area contributed by atoms with Crippen LogP contribution in [-0.4, -0.2) is 17.0 Å². The standard InChI is InChI=1S/C14H18FN5/c1-9-13(19-16)17-10(2)18-14(9)20(3)8-11-5-4-6-12(15)7-11/h4-7H,8,16H2,1-3H3,(H,17,18,19). The summed E-state index contributed by atoms with van der Waals surface area (Å²) in [6.45, 7) is 4.25. The SMILES string of the molecule is Cc1nc(NN)c(C)c(N(C)Cc2cccc(F)c2)n1. The van der Waals surface area contributed by atoms with Gasteiger partial charge in [0.05, 0.1) is 0 Å². The maximum atomic E-state index is 13.2. The number of nitrogens with one attached hydrogen (secondary N) is 1. The molecule has 3 N–H and O–H groups in total. The molecular formula is C14H18FN5. The van der Waals surface area contributed by atoms with Gasteiger partial charge in [-0.2, -0.15) is 0 Å². The number of rotatable bonds is 4. The van der Waals surface area contributed by atoms with E-state index in [-0.39, 0.29) is 5.82 Å². The van der Waals surface area contributed by atoms with Crippen LogP contribution in [0.25, 0.3) is 0 Å². The van der Waals surface area contributed by atoms with E-state index in [1.54, 1.807) is 13.0 Å². The number of nitrogens with two attached hydrogens (primary N) is 1. The number of anilines is 2. The number of halogens is 1. The van der Waals surface area contributed by atoms with Gasteiger partial charge in [-0.1, -0.05) is 12.1 Å². The molecule has 6 heteroatoms. The van der Waals surface area contributed by atoms with Crippen molar-refractivity contribution in [3.05, 3.63) is 47.0 Å². The van der Waals surface area contributed by atoms with Crippen LogP contribution in [0.15, 0.2) is 24.3 Å². The molecule has 0 fully saturated rings. The molecule has 1 aromatic heterocycles. The summed E-state index contributed by atoms with van der Waals surface area (Å²) >= 11 is 0. The largest absolute Gasteiger partial charge is 0.355 e. The molecule has 106 valence electrons. The molecule has 0 aliphatic rings. The summed E-state index contributed by atoms with van der Waals surface area (Å²) in [6, 6.07) is 6.52. The Hall–Kier alpha value is -2.21. The molecule has 0 amide bonds. The highest BCUT2D eigenvalue weighted by atomic mass is 19.1. The summed E-state index contributed by atoms with van der Waals surface area (Å²) in [4.78, 5) is 10.6. The Morgan fingerprint density at radius 2 is 2.05 bits per heavy atom. The van der Waals surface area contributed by atoms with Crippen LogP contribution in [0.1, 0.15) is 17.0 Å². The van der Waals surface area contributed by atoms with Crippen molar-refractivity contribution in [2.75, 3.05) is 17.4 Å². The van der Waals surface area contributed by atoms with Crippen molar-refractivity contribution in [1.29, 1.82) is 0 Å². The molecule has 20 heavy (non-hydrogen) atoms. The van der Waals surface area contributed by atoms with Gasteiger partial charge in [-0.25, -0.2) is 20.2 Å². The Labute approximate surface area is 117 Å². The van der Waals surface area contributed by atoms with Crippen LogP contribution in [0.3, 0.4) is 0 Å². The maximum absolute atomic E-state index is 13.2. The highest BCUT2D eigenvalue weighted by Crippen LogP contribution is 2.23. The van der Waals surface area contributed by atoms with Gasteiger partial charge in [0.1, 0.15) is 23.3 Å². The van der Waals surface area contributed by atoms with Crippen molar-refractivity contribution in [3.63, 3.8) is 0 Å². The number of aryl methyl sites for hydroxylation is 1. The minimum atomic E-state index is -0.240. The van der Waals surface area contributed by atoms with Gasteiger partial charge in [0.2, 0.25) is 0 Å². The first-order valence-electron chi connectivity index (χ1n) is 6.28. The first-order chi connectivity index (χ1) is 9.51. The van der Waals surface area contributed by atoms with Crippen molar-refractivity contribution in [1.82, 2.24) is 9.97 Å². The third-order valence-electron chi connectivity index (χ3n) is 3.04. The second-order valence-electron chi connectivity index (χ2n) is 4.70. The van der Waals surface area contributed by atoms with Gasteiger partial charge in [0.15, 0.2) is 0 Å². The number of hydrogen-bond acceptors (Lipinski definition) is 5. The van der Waals surface area contributed by atoms with Crippen LogP contribution >= 0.6 is 0 Å². The van der Waals surface area contributed by atoms with Crippen LogP contribution < -0.4 is 16.2 Å². The van der Waals surface area contributed by atoms with Crippen molar-refractivity contribution < 1.29 is 4.39 Å². The summed E-state index contributed by atoms with van der Waals surface area (Å²) in [5.74, 6) is 7.21. The lowest BCUT2D eigenvalue weighted by Gasteiger charge is -2.21. The number of hydrazine groups is 1. The van der Waals surface area contributed by atoms with Gasteiger partial charge in [-0.15, -0.1) is 0 Å². The Morgan fingerprint density at radius 1 is 1.30 bits per heavy atom. The first-order valence-corrected chi connectivity index (χ1v) is 6.28. The van der Waals surface area contributed by atoms with Gasteiger partial charge in [0, 0.05) is 19.2 Å². The molecule has 2 aromatic rings. The Kier molecular flexibility index (Phi) is 4.14. The average Bonchev–Trinajstić information content (AvgIpc) is 2.40. The lowest BCUT2D eigenvalue weighted by Crippen LogP contribution is -2.21. The zero-order chi connectivity index (χ0) is 14.7. The number of nitrogen functional groups attached to an aromatic ring is 1. The van der Waals surface area contributed by atoms with E-state index >= 15 is 0 Å². The highest BCUT2D eigenvalue weighted by Gasteiger charge is 2.12. The fraction of sp³-hybridized carbons (Fsp3) is 0.286. The third-order valence-corrected chi connectivity index (χ3v) is 3.04. The van der Waals surface area contributed by atoms with Crippen LogP contribution in [0, 0.1) is 19.7 Å². The van der Waals surface area contributed by atoms with Gasteiger partial charge < -0.3 is 10.3 Å². The monoisotopic (exact) mass is 275 g/mol. The van der Waals surface area contributed by atoms with E-state index in [1.165, 1.54) is 12.1 Å². The molecule has 0 unspecified atom stereocenters. The molecule has 1 aromatic carbocycles. The van der Waals surface area contributed by atoms with E-state index in [4.69, 9.17) is 5.84 Å². The van der Waals surface area contributed by atoms with E-state index in [0.717, 1.165) is 16.9 Å². The number of aromatic nitrogens is 2. The number of nitrogens with zero attached hydrogens (tertiary/aromatic N) is 3. The summed E-state index contributed by atoms with van der Waals surface area (Å²) in [7, 11) is 1.90. The third kappa shape index (κ3) is 3.03. The Balaban J connectivity index is 2.29. The number of benzene rings is 1. The summed E-state index contributed by atoms with van der Waals surface area (Å²) in [5, 5.41) is 0.